The number of nitrogens with zero attached hydrogens (tertiary/aromatic N) is 4. The van der Waals surface area contributed by atoms with Gasteiger partial charge in [0.05, 0.1) is 24.6 Å². The van der Waals surface area contributed by atoms with Crippen LogP contribution in [-0.2, 0) is 19.5 Å². The van der Waals surface area contributed by atoms with E-state index in [9.17, 15) is 4.79 Å². The minimum absolute atomic E-state index is 0.0620. The van der Waals surface area contributed by atoms with Crippen molar-refractivity contribution in [1.29, 1.82) is 0 Å². The molecule has 0 unspecified atom stereocenters. The molecule has 0 spiro atoms. The smallest absolute Gasteiger partial charge is 0.356 e. The summed E-state index contributed by atoms with van der Waals surface area (Å²) in [6, 6.07) is 0. The number of aromatic nitrogens is 4. The zero-order valence-electron chi connectivity index (χ0n) is 10.9. The number of hydrogen-bond donors (Lipinski definition) is 2. The predicted molar refractivity (Wildman–Crippen MR) is 71.5 cm³/mol. The lowest BCUT2D eigenvalue weighted by atomic mass is 10.2. The van der Waals surface area contributed by atoms with E-state index in [2.05, 4.69) is 31.0 Å². The van der Waals surface area contributed by atoms with Crippen LogP contribution in [0.15, 0.2) is 18.6 Å². The number of anilines is 1. The first kappa shape index (κ1) is 12.6. The molecule has 20 heavy (non-hydrogen) atoms. The molecular weight excluding hydrogens is 258 g/mol. The Morgan fingerprint density at radius 3 is 2.95 bits per heavy atom. The fraction of sp³-hybridized carbons (Fsp3) is 0.385. The Kier molecular flexibility index (Phi) is 3.32. The first-order valence-corrected chi connectivity index (χ1v) is 6.56. The summed E-state index contributed by atoms with van der Waals surface area (Å²) in [7, 11) is 0. The van der Waals surface area contributed by atoms with E-state index in [0.29, 0.717) is 12.4 Å². The van der Waals surface area contributed by atoms with Crippen molar-refractivity contribution in [1.82, 2.24) is 19.5 Å². The van der Waals surface area contributed by atoms with Gasteiger partial charge in [0.2, 0.25) is 0 Å². The number of carbonyl (C=O) groups is 1. The molecule has 104 valence electrons. The van der Waals surface area contributed by atoms with Crippen LogP contribution in [0.1, 0.15) is 34.8 Å². The van der Waals surface area contributed by atoms with Crippen LogP contribution in [-0.4, -0.2) is 30.6 Å². The van der Waals surface area contributed by atoms with E-state index < -0.39 is 5.97 Å². The summed E-state index contributed by atoms with van der Waals surface area (Å²) in [6.07, 6.45) is 8.15. The maximum absolute atomic E-state index is 10.7. The molecule has 0 saturated heterocycles. The van der Waals surface area contributed by atoms with Crippen LogP contribution in [0.25, 0.3) is 0 Å². The van der Waals surface area contributed by atoms with E-state index >= 15 is 0 Å². The molecule has 7 nitrogen and oxygen atoms in total. The standard InChI is InChI=1S/C13H15N5O2/c19-13(20)10-6-16-11(7-14-10)15-5-9-8-18-4-2-1-3-12(18)17-9/h6-8H,1-5H2,(H,15,16)(H,19,20). The molecule has 0 fully saturated rings. The lowest BCUT2D eigenvalue weighted by molar-refractivity contribution is 0.0690. The Labute approximate surface area is 115 Å². The molecule has 7 heteroatoms. The SMILES string of the molecule is O=C(O)c1cnc(NCc2cn3c(n2)CCCC3)cn1. The third-order valence-corrected chi connectivity index (χ3v) is 3.28. The normalized spacial score (nSPS) is 13.8. The second kappa shape index (κ2) is 5.28. The topological polar surface area (TPSA) is 92.9 Å². The van der Waals surface area contributed by atoms with Gasteiger partial charge in [-0.2, -0.15) is 0 Å². The summed E-state index contributed by atoms with van der Waals surface area (Å²) in [5, 5.41) is 11.8. The van der Waals surface area contributed by atoms with Gasteiger partial charge in [-0.25, -0.2) is 19.7 Å². The number of nitrogens with one attached hydrogen (secondary N) is 1. The van der Waals surface area contributed by atoms with Gasteiger partial charge in [0.25, 0.3) is 0 Å². The largest absolute Gasteiger partial charge is 0.476 e. The third kappa shape index (κ3) is 2.61. The first-order chi connectivity index (χ1) is 9.72. The summed E-state index contributed by atoms with van der Waals surface area (Å²) in [5.41, 5.74) is 0.902. The quantitative estimate of drug-likeness (QED) is 0.872. The molecule has 2 aromatic rings. The van der Waals surface area contributed by atoms with Gasteiger partial charge in [0.1, 0.15) is 11.6 Å². The van der Waals surface area contributed by atoms with Gasteiger partial charge in [-0.05, 0) is 12.8 Å². The minimum atomic E-state index is -1.08. The van der Waals surface area contributed by atoms with E-state index in [1.165, 1.54) is 25.2 Å². The van der Waals surface area contributed by atoms with Gasteiger partial charge in [-0.15, -0.1) is 0 Å². The molecule has 1 aliphatic rings. The molecule has 1 aliphatic heterocycles. The Balaban J connectivity index is 1.64. The van der Waals surface area contributed by atoms with Gasteiger partial charge in [-0.3, -0.25) is 0 Å². The van der Waals surface area contributed by atoms with Crippen LogP contribution >= 0.6 is 0 Å². The Bertz CT molecular complexity index is 597. The number of fused-ring (bicyclic) bond motifs is 1. The molecule has 3 rings (SSSR count). The van der Waals surface area contributed by atoms with Crippen LogP contribution in [0.4, 0.5) is 5.82 Å². The molecule has 0 atom stereocenters. The minimum Gasteiger partial charge on any atom is -0.476 e. The predicted octanol–water partition coefficient (Wildman–Crippen LogP) is 1.32. The summed E-state index contributed by atoms with van der Waals surface area (Å²) in [6.45, 7) is 1.59. The van der Waals surface area contributed by atoms with Crippen molar-refractivity contribution in [3.8, 4) is 0 Å². The van der Waals surface area contributed by atoms with Gasteiger partial charge in [0, 0.05) is 19.2 Å². The van der Waals surface area contributed by atoms with E-state index in [1.54, 1.807) is 0 Å². The lowest BCUT2D eigenvalue weighted by Gasteiger charge is -2.11. The Morgan fingerprint density at radius 2 is 2.25 bits per heavy atom. The Morgan fingerprint density at radius 1 is 1.35 bits per heavy atom. The molecule has 0 aliphatic carbocycles. The van der Waals surface area contributed by atoms with Crippen molar-refractivity contribution in [3.05, 3.63) is 35.8 Å². The molecule has 2 N–H and O–H groups in total. The highest BCUT2D eigenvalue weighted by Crippen LogP contribution is 2.15. The summed E-state index contributed by atoms with van der Waals surface area (Å²) >= 11 is 0. The lowest BCUT2D eigenvalue weighted by Crippen LogP contribution is -2.08. The van der Waals surface area contributed by atoms with E-state index in [1.807, 2.05) is 0 Å². The first-order valence-electron chi connectivity index (χ1n) is 6.56. The van der Waals surface area contributed by atoms with E-state index in [0.717, 1.165) is 24.5 Å². The van der Waals surface area contributed by atoms with Gasteiger partial charge >= 0.3 is 5.97 Å². The highest BCUT2D eigenvalue weighted by molar-refractivity contribution is 5.84. The van der Waals surface area contributed by atoms with Crippen LogP contribution < -0.4 is 5.32 Å². The number of hydrogen-bond acceptors (Lipinski definition) is 5. The summed E-state index contributed by atoms with van der Waals surface area (Å²) in [4.78, 5) is 23.1. The van der Waals surface area contributed by atoms with E-state index in [4.69, 9.17) is 5.11 Å². The summed E-state index contributed by atoms with van der Waals surface area (Å²) in [5.74, 6) is 0.604. The monoisotopic (exact) mass is 273 g/mol. The molecule has 0 radical (unpaired) electrons. The van der Waals surface area contributed by atoms with Crippen LogP contribution in [0.2, 0.25) is 0 Å². The highest BCUT2D eigenvalue weighted by atomic mass is 16.4. The third-order valence-electron chi connectivity index (χ3n) is 3.28. The molecule has 0 saturated carbocycles. The Hall–Kier alpha value is -2.44. The zero-order valence-corrected chi connectivity index (χ0v) is 10.9. The van der Waals surface area contributed by atoms with Crippen molar-refractivity contribution < 1.29 is 9.90 Å². The van der Waals surface area contributed by atoms with Crippen LogP contribution in [0, 0.1) is 0 Å². The van der Waals surface area contributed by atoms with Crippen molar-refractivity contribution in [3.63, 3.8) is 0 Å². The molecule has 0 bridgehead atoms. The number of imidazole rings is 1. The molecule has 2 aromatic heterocycles. The average molecular weight is 273 g/mol. The maximum atomic E-state index is 10.7. The molecular formula is C13H15N5O2. The number of carboxylic acids is 1. The molecule has 0 aromatic carbocycles. The van der Waals surface area contributed by atoms with Crippen molar-refractivity contribution in [2.75, 3.05) is 5.32 Å². The summed E-state index contributed by atoms with van der Waals surface area (Å²) < 4.78 is 2.19. The molecule has 3 heterocycles. The van der Waals surface area contributed by atoms with E-state index in [-0.39, 0.29) is 5.69 Å². The van der Waals surface area contributed by atoms with Crippen molar-refractivity contribution in [2.45, 2.75) is 32.4 Å². The number of carboxylic acid groups (broad SMARTS) is 1. The van der Waals surface area contributed by atoms with Gasteiger partial charge in [-0.1, -0.05) is 0 Å². The second-order valence-electron chi connectivity index (χ2n) is 4.74. The highest BCUT2D eigenvalue weighted by Gasteiger charge is 2.12. The van der Waals surface area contributed by atoms with Gasteiger partial charge < -0.3 is 15.0 Å². The van der Waals surface area contributed by atoms with Gasteiger partial charge in [0.15, 0.2) is 5.69 Å². The zero-order chi connectivity index (χ0) is 13.9. The number of aryl methyl sites for hydroxylation is 2. The van der Waals surface area contributed by atoms with Crippen LogP contribution in [0.3, 0.4) is 0 Å². The van der Waals surface area contributed by atoms with Crippen molar-refractivity contribution >= 4 is 11.8 Å². The van der Waals surface area contributed by atoms with Crippen LogP contribution in [0.5, 0.6) is 0 Å². The maximum Gasteiger partial charge on any atom is 0.356 e. The second-order valence-corrected chi connectivity index (χ2v) is 4.74. The molecule has 0 amide bonds. The fourth-order valence-electron chi connectivity index (χ4n) is 2.27. The fourth-order valence-corrected chi connectivity index (χ4v) is 2.27. The van der Waals surface area contributed by atoms with Crippen molar-refractivity contribution in [2.24, 2.45) is 0 Å². The number of rotatable bonds is 4. The number of aromatic carboxylic acids is 1. The average Bonchev–Trinajstić information content (AvgIpc) is 2.88.